The molecule has 2 N–H and O–H groups in total. The molecule has 2 aromatic heterocycles. The summed E-state index contributed by atoms with van der Waals surface area (Å²) in [5.74, 6) is 0.760. The van der Waals surface area contributed by atoms with Gasteiger partial charge >= 0.3 is 0 Å². The third-order valence-corrected chi connectivity index (χ3v) is 3.35. The molecule has 0 spiro atoms. The highest BCUT2D eigenvalue weighted by atomic mass is 35.5. The third-order valence-electron chi connectivity index (χ3n) is 2.90. The van der Waals surface area contributed by atoms with E-state index in [1.807, 2.05) is 36.5 Å². The number of nitrogens with zero attached hydrogens (tertiary/aromatic N) is 1. The Hall–Kier alpha value is -1.71. The summed E-state index contributed by atoms with van der Waals surface area (Å²) in [7, 11) is 0. The molecule has 3 rings (SSSR count). The zero-order valence-corrected chi connectivity index (χ0v) is 11.5. The minimum atomic E-state index is 0.482. The molecule has 0 fully saturated rings. The van der Waals surface area contributed by atoms with Crippen LogP contribution in [0.4, 0.5) is 5.82 Å². The maximum Gasteiger partial charge on any atom is 0.131 e. The Bertz CT molecular complexity index is 722. The van der Waals surface area contributed by atoms with E-state index in [4.69, 9.17) is 23.2 Å². The summed E-state index contributed by atoms with van der Waals surface area (Å²) < 4.78 is 0. The lowest BCUT2D eigenvalue weighted by atomic mass is 10.2. The van der Waals surface area contributed by atoms with Gasteiger partial charge in [0.05, 0.1) is 0 Å². The van der Waals surface area contributed by atoms with E-state index in [1.54, 1.807) is 6.07 Å². The number of nitrogens with one attached hydrogen (secondary N) is 2. The first-order chi connectivity index (χ1) is 9.22. The van der Waals surface area contributed by atoms with Gasteiger partial charge < -0.3 is 10.3 Å². The second-order valence-corrected chi connectivity index (χ2v) is 5.03. The minimum Gasteiger partial charge on any atom is -0.366 e. The molecule has 0 aliphatic rings. The molecule has 2 heterocycles. The van der Waals surface area contributed by atoms with E-state index in [-0.39, 0.29) is 0 Å². The molecule has 5 heteroatoms. The van der Waals surface area contributed by atoms with Gasteiger partial charge in [0, 0.05) is 28.7 Å². The molecule has 19 heavy (non-hydrogen) atoms. The van der Waals surface area contributed by atoms with Crippen LogP contribution in [-0.4, -0.2) is 9.97 Å². The summed E-state index contributed by atoms with van der Waals surface area (Å²) in [6.07, 6.45) is 1.97. The quantitative estimate of drug-likeness (QED) is 0.699. The number of halogens is 2. The molecule has 0 amide bonds. The van der Waals surface area contributed by atoms with Crippen molar-refractivity contribution < 1.29 is 0 Å². The van der Waals surface area contributed by atoms with Crippen molar-refractivity contribution in [2.45, 2.75) is 6.54 Å². The number of aromatic nitrogens is 2. The van der Waals surface area contributed by atoms with Crippen LogP contribution in [0.2, 0.25) is 10.2 Å². The van der Waals surface area contributed by atoms with Gasteiger partial charge in [-0.15, -0.1) is 0 Å². The second kappa shape index (κ2) is 5.11. The summed E-state index contributed by atoms with van der Waals surface area (Å²) in [6.45, 7) is 0.676. The minimum absolute atomic E-state index is 0.482. The maximum absolute atomic E-state index is 5.96. The summed E-state index contributed by atoms with van der Waals surface area (Å²) in [6, 6.07) is 11.3. The van der Waals surface area contributed by atoms with Gasteiger partial charge in [0.25, 0.3) is 0 Å². The molecule has 0 saturated carbocycles. The number of benzene rings is 1. The number of aromatic amines is 1. The van der Waals surface area contributed by atoms with Gasteiger partial charge in [-0.25, -0.2) is 4.98 Å². The topological polar surface area (TPSA) is 40.7 Å². The first-order valence-electron chi connectivity index (χ1n) is 5.84. The molecule has 0 atom stereocenters. The molecular formula is C14H11Cl2N3. The van der Waals surface area contributed by atoms with Crippen LogP contribution < -0.4 is 5.32 Å². The van der Waals surface area contributed by atoms with Crippen molar-refractivity contribution in [3.8, 4) is 0 Å². The molecule has 96 valence electrons. The van der Waals surface area contributed by atoms with Gasteiger partial charge in [-0.3, -0.25) is 0 Å². The number of rotatable bonds is 3. The van der Waals surface area contributed by atoms with Crippen molar-refractivity contribution in [3.05, 3.63) is 58.3 Å². The zero-order chi connectivity index (χ0) is 13.2. The Morgan fingerprint density at radius 1 is 1.16 bits per heavy atom. The Balaban J connectivity index is 1.82. The number of hydrogen-bond acceptors (Lipinski definition) is 2. The number of fused-ring (bicyclic) bond motifs is 1. The van der Waals surface area contributed by atoms with Crippen molar-refractivity contribution in [1.29, 1.82) is 0 Å². The van der Waals surface area contributed by atoms with Crippen molar-refractivity contribution in [1.82, 2.24) is 9.97 Å². The largest absolute Gasteiger partial charge is 0.366 e. The van der Waals surface area contributed by atoms with Crippen LogP contribution in [-0.2, 0) is 6.54 Å². The smallest absolute Gasteiger partial charge is 0.131 e. The fourth-order valence-electron chi connectivity index (χ4n) is 2.00. The first kappa shape index (κ1) is 12.3. The van der Waals surface area contributed by atoms with E-state index in [0.29, 0.717) is 11.7 Å². The maximum atomic E-state index is 5.96. The van der Waals surface area contributed by atoms with Crippen molar-refractivity contribution in [2.24, 2.45) is 0 Å². The molecule has 0 aliphatic heterocycles. The molecule has 0 unspecified atom stereocenters. The van der Waals surface area contributed by atoms with Gasteiger partial charge in [0.1, 0.15) is 11.0 Å². The number of H-pyrrole nitrogens is 1. The highest BCUT2D eigenvalue weighted by Crippen LogP contribution is 2.22. The molecular weight excluding hydrogens is 281 g/mol. The molecule has 3 aromatic rings. The molecule has 3 nitrogen and oxygen atoms in total. The van der Waals surface area contributed by atoms with Crippen LogP contribution >= 0.6 is 23.2 Å². The van der Waals surface area contributed by atoms with Gasteiger partial charge in [0.15, 0.2) is 0 Å². The van der Waals surface area contributed by atoms with Crippen LogP contribution in [0.25, 0.3) is 10.9 Å². The summed E-state index contributed by atoms with van der Waals surface area (Å²) >= 11 is 11.8. The highest BCUT2D eigenvalue weighted by molar-refractivity contribution is 6.31. The normalized spacial score (nSPS) is 10.8. The fourth-order valence-corrected chi connectivity index (χ4v) is 2.33. The lowest BCUT2D eigenvalue weighted by molar-refractivity contribution is 1.12. The summed E-state index contributed by atoms with van der Waals surface area (Å²) in [4.78, 5) is 7.40. The van der Waals surface area contributed by atoms with Crippen LogP contribution in [0.15, 0.2) is 42.6 Å². The van der Waals surface area contributed by atoms with Gasteiger partial charge in [-0.2, -0.15) is 0 Å². The van der Waals surface area contributed by atoms with E-state index in [2.05, 4.69) is 15.3 Å². The Morgan fingerprint density at radius 2 is 2.05 bits per heavy atom. The van der Waals surface area contributed by atoms with E-state index < -0.39 is 0 Å². The predicted octanol–water partition coefficient (Wildman–Crippen LogP) is 4.48. The zero-order valence-electron chi connectivity index (χ0n) is 9.95. The third kappa shape index (κ3) is 2.67. The van der Waals surface area contributed by atoms with Gasteiger partial charge in [-0.1, -0.05) is 35.3 Å². The van der Waals surface area contributed by atoms with Crippen molar-refractivity contribution in [3.63, 3.8) is 0 Å². The van der Waals surface area contributed by atoms with E-state index in [9.17, 15) is 0 Å². The Kier molecular flexibility index (Phi) is 3.32. The average Bonchev–Trinajstić information content (AvgIpc) is 2.78. The van der Waals surface area contributed by atoms with E-state index in [1.165, 1.54) is 0 Å². The first-order valence-corrected chi connectivity index (χ1v) is 6.60. The van der Waals surface area contributed by atoms with Gasteiger partial charge in [-0.05, 0) is 29.8 Å². The Morgan fingerprint density at radius 3 is 2.89 bits per heavy atom. The average molecular weight is 292 g/mol. The van der Waals surface area contributed by atoms with Gasteiger partial charge in [0.2, 0.25) is 0 Å². The van der Waals surface area contributed by atoms with Crippen LogP contribution in [0.3, 0.4) is 0 Å². The van der Waals surface area contributed by atoms with E-state index in [0.717, 1.165) is 27.3 Å². The number of pyridine rings is 1. The highest BCUT2D eigenvalue weighted by Gasteiger charge is 2.04. The SMILES string of the molecule is Clc1ccc2c(CNc3cccc(Cl)n3)c[nH]c2c1. The molecule has 0 saturated heterocycles. The standard InChI is InChI=1S/C14H11Cl2N3/c15-10-4-5-11-9(7-17-12(11)6-10)8-18-14-3-1-2-13(16)19-14/h1-7,17H,8H2,(H,18,19). The second-order valence-electron chi connectivity index (χ2n) is 4.20. The molecule has 0 aliphatic carbocycles. The molecule has 0 bridgehead atoms. The van der Waals surface area contributed by atoms with Crippen molar-refractivity contribution in [2.75, 3.05) is 5.32 Å². The summed E-state index contributed by atoms with van der Waals surface area (Å²) in [5.41, 5.74) is 2.19. The lowest BCUT2D eigenvalue weighted by Gasteiger charge is -2.04. The van der Waals surface area contributed by atoms with Crippen LogP contribution in [0.1, 0.15) is 5.56 Å². The Labute approximate surface area is 120 Å². The van der Waals surface area contributed by atoms with Crippen LogP contribution in [0, 0.1) is 0 Å². The lowest BCUT2D eigenvalue weighted by Crippen LogP contribution is -2.00. The molecule has 1 aromatic carbocycles. The number of anilines is 1. The fraction of sp³-hybridized carbons (Fsp3) is 0.0714. The van der Waals surface area contributed by atoms with Crippen LogP contribution in [0.5, 0.6) is 0 Å². The molecule has 0 radical (unpaired) electrons. The number of hydrogen-bond donors (Lipinski definition) is 2. The predicted molar refractivity (Wildman–Crippen MR) is 79.9 cm³/mol. The summed E-state index contributed by atoms with van der Waals surface area (Å²) in [5, 5.41) is 5.61. The monoisotopic (exact) mass is 291 g/mol. The van der Waals surface area contributed by atoms with Crippen molar-refractivity contribution >= 4 is 39.9 Å². The van der Waals surface area contributed by atoms with E-state index >= 15 is 0 Å².